The summed E-state index contributed by atoms with van der Waals surface area (Å²) in [6.07, 6.45) is 0. The van der Waals surface area contributed by atoms with Crippen molar-refractivity contribution in [1.82, 2.24) is 20.5 Å². The highest BCUT2D eigenvalue weighted by Gasteiger charge is 2.09. The summed E-state index contributed by atoms with van der Waals surface area (Å²) in [7, 11) is 0. The van der Waals surface area contributed by atoms with Gasteiger partial charge in [-0.05, 0) is 35.6 Å². The Balaban J connectivity index is 1.48. The van der Waals surface area contributed by atoms with Crippen LogP contribution in [0.3, 0.4) is 0 Å². The zero-order valence-corrected chi connectivity index (χ0v) is 14.5. The van der Waals surface area contributed by atoms with E-state index in [9.17, 15) is 9.18 Å². The summed E-state index contributed by atoms with van der Waals surface area (Å²) >= 11 is 2.82. The quantitative estimate of drug-likeness (QED) is 0.660. The molecule has 3 rings (SSSR count). The summed E-state index contributed by atoms with van der Waals surface area (Å²) in [5.41, 5.74) is 1.32. The van der Waals surface area contributed by atoms with Gasteiger partial charge in [0.05, 0.1) is 10.6 Å². The van der Waals surface area contributed by atoms with Gasteiger partial charge in [0.25, 0.3) is 0 Å². The Kier molecular flexibility index (Phi) is 5.27. The number of aryl methyl sites for hydroxylation is 1. The second-order valence-corrected chi connectivity index (χ2v) is 6.98. The molecule has 0 aliphatic rings. The van der Waals surface area contributed by atoms with Crippen molar-refractivity contribution in [3.05, 3.63) is 52.7 Å². The van der Waals surface area contributed by atoms with Crippen molar-refractivity contribution in [2.45, 2.75) is 18.6 Å². The van der Waals surface area contributed by atoms with Gasteiger partial charge in [0.1, 0.15) is 5.82 Å². The lowest BCUT2D eigenvalue weighted by molar-refractivity contribution is -0.118. The zero-order chi connectivity index (χ0) is 16.9. The number of thioether (sulfide) groups is 1. The van der Waals surface area contributed by atoms with Gasteiger partial charge in [0, 0.05) is 6.54 Å². The SMILES string of the molecule is Cc1ccc(CNC(=O)CSc2n[nH]c(-c3cccs3)n2)cc1F. The number of hydrogen-bond donors (Lipinski definition) is 2. The first-order valence-corrected chi connectivity index (χ1v) is 9.09. The van der Waals surface area contributed by atoms with Crippen LogP contribution in [0.4, 0.5) is 4.39 Å². The van der Waals surface area contributed by atoms with Gasteiger partial charge >= 0.3 is 0 Å². The highest BCUT2D eigenvalue weighted by atomic mass is 32.2. The van der Waals surface area contributed by atoms with Crippen LogP contribution in [0.1, 0.15) is 11.1 Å². The molecule has 0 saturated heterocycles. The molecule has 5 nitrogen and oxygen atoms in total. The Bertz CT molecular complexity index is 832. The van der Waals surface area contributed by atoms with Gasteiger partial charge < -0.3 is 5.32 Å². The Morgan fingerprint density at radius 2 is 2.29 bits per heavy atom. The average molecular weight is 362 g/mol. The van der Waals surface area contributed by atoms with E-state index in [4.69, 9.17) is 0 Å². The first-order chi connectivity index (χ1) is 11.6. The molecule has 0 atom stereocenters. The molecule has 0 fully saturated rings. The van der Waals surface area contributed by atoms with Crippen molar-refractivity contribution >= 4 is 29.0 Å². The summed E-state index contributed by atoms with van der Waals surface area (Å²) in [5, 5.41) is 12.2. The molecule has 0 aliphatic heterocycles. The standard InChI is InChI=1S/C16H15FN4OS2/c1-10-4-5-11(7-12(10)17)8-18-14(22)9-24-16-19-15(20-21-16)13-3-2-6-23-13/h2-7H,8-9H2,1H3,(H,18,22)(H,19,20,21). The Labute approximate surface area is 146 Å². The minimum absolute atomic E-state index is 0.150. The normalized spacial score (nSPS) is 10.8. The fraction of sp³-hybridized carbons (Fsp3) is 0.188. The molecule has 24 heavy (non-hydrogen) atoms. The summed E-state index contributed by atoms with van der Waals surface area (Å²) in [4.78, 5) is 17.2. The Hall–Kier alpha value is -2.19. The second-order valence-electron chi connectivity index (χ2n) is 5.09. The molecular formula is C16H15FN4OS2. The molecule has 0 saturated carbocycles. The molecule has 8 heteroatoms. The van der Waals surface area contributed by atoms with Crippen molar-refractivity contribution in [2.24, 2.45) is 0 Å². The van der Waals surface area contributed by atoms with E-state index in [1.807, 2.05) is 17.5 Å². The number of nitrogens with one attached hydrogen (secondary N) is 2. The summed E-state index contributed by atoms with van der Waals surface area (Å²) in [6.45, 7) is 2.00. The molecule has 0 spiro atoms. The van der Waals surface area contributed by atoms with Crippen molar-refractivity contribution < 1.29 is 9.18 Å². The van der Waals surface area contributed by atoms with E-state index in [-0.39, 0.29) is 17.5 Å². The van der Waals surface area contributed by atoms with Crippen molar-refractivity contribution in [1.29, 1.82) is 0 Å². The van der Waals surface area contributed by atoms with E-state index >= 15 is 0 Å². The lowest BCUT2D eigenvalue weighted by atomic mass is 10.1. The van der Waals surface area contributed by atoms with Crippen LogP contribution in [0.15, 0.2) is 40.9 Å². The Morgan fingerprint density at radius 1 is 1.42 bits per heavy atom. The van der Waals surface area contributed by atoms with Gasteiger partial charge in [-0.3, -0.25) is 9.89 Å². The largest absolute Gasteiger partial charge is 0.351 e. The third kappa shape index (κ3) is 4.21. The maximum absolute atomic E-state index is 13.5. The number of nitrogens with zero attached hydrogens (tertiary/aromatic N) is 2. The average Bonchev–Trinajstić information content (AvgIpc) is 3.25. The predicted molar refractivity (Wildman–Crippen MR) is 93.4 cm³/mol. The van der Waals surface area contributed by atoms with Crippen molar-refractivity contribution in [3.8, 4) is 10.7 Å². The van der Waals surface area contributed by atoms with E-state index < -0.39 is 0 Å². The van der Waals surface area contributed by atoms with Gasteiger partial charge in [0.2, 0.25) is 11.1 Å². The summed E-state index contributed by atoms with van der Waals surface area (Å²) in [5.74, 6) is 0.486. The fourth-order valence-electron chi connectivity index (χ4n) is 1.96. The van der Waals surface area contributed by atoms with Crippen LogP contribution in [0.2, 0.25) is 0 Å². The van der Waals surface area contributed by atoms with Gasteiger partial charge in [0.15, 0.2) is 5.82 Å². The molecule has 0 aliphatic carbocycles. The lowest BCUT2D eigenvalue weighted by Crippen LogP contribution is -2.24. The van der Waals surface area contributed by atoms with Crippen LogP contribution in [0, 0.1) is 12.7 Å². The molecular weight excluding hydrogens is 347 g/mol. The number of hydrogen-bond acceptors (Lipinski definition) is 5. The molecule has 1 amide bonds. The van der Waals surface area contributed by atoms with Crippen LogP contribution in [0.25, 0.3) is 10.7 Å². The number of rotatable bonds is 6. The van der Waals surface area contributed by atoms with Crippen LogP contribution in [-0.4, -0.2) is 26.8 Å². The highest BCUT2D eigenvalue weighted by Crippen LogP contribution is 2.23. The number of carbonyl (C=O) groups excluding carboxylic acids is 1. The van der Waals surface area contributed by atoms with E-state index in [0.717, 1.165) is 10.4 Å². The lowest BCUT2D eigenvalue weighted by Gasteiger charge is -2.05. The van der Waals surface area contributed by atoms with E-state index in [1.54, 1.807) is 30.4 Å². The molecule has 3 aromatic rings. The van der Waals surface area contributed by atoms with Gasteiger partial charge in [-0.1, -0.05) is 30.0 Å². The van der Waals surface area contributed by atoms with Crippen LogP contribution in [0.5, 0.6) is 0 Å². The number of aromatic amines is 1. The summed E-state index contributed by atoms with van der Waals surface area (Å²) < 4.78 is 13.5. The second kappa shape index (κ2) is 7.59. The number of benzene rings is 1. The molecule has 1 aromatic carbocycles. The minimum atomic E-state index is -0.266. The number of halogens is 1. The molecule has 0 bridgehead atoms. The van der Waals surface area contributed by atoms with E-state index in [2.05, 4.69) is 20.5 Å². The van der Waals surface area contributed by atoms with Crippen molar-refractivity contribution in [3.63, 3.8) is 0 Å². The van der Waals surface area contributed by atoms with Crippen molar-refractivity contribution in [2.75, 3.05) is 5.75 Å². The van der Waals surface area contributed by atoms with Crippen LogP contribution >= 0.6 is 23.1 Å². The minimum Gasteiger partial charge on any atom is -0.351 e. The van der Waals surface area contributed by atoms with Crippen LogP contribution in [-0.2, 0) is 11.3 Å². The highest BCUT2D eigenvalue weighted by molar-refractivity contribution is 7.99. The maximum atomic E-state index is 13.5. The molecule has 2 N–H and O–H groups in total. The number of amides is 1. The predicted octanol–water partition coefficient (Wildman–Crippen LogP) is 3.39. The maximum Gasteiger partial charge on any atom is 0.230 e. The zero-order valence-electron chi connectivity index (χ0n) is 12.9. The molecule has 2 aromatic heterocycles. The first kappa shape index (κ1) is 16.7. The Morgan fingerprint density at radius 3 is 3.04 bits per heavy atom. The third-order valence-corrected chi connectivity index (χ3v) is 5.00. The third-order valence-electron chi connectivity index (χ3n) is 3.28. The number of carbonyl (C=O) groups is 1. The number of H-pyrrole nitrogens is 1. The van der Waals surface area contributed by atoms with Gasteiger partial charge in [-0.25, -0.2) is 9.37 Å². The molecule has 0 radical (unpaired) electrons. The van der Waals surface area contributed by atoms with E-state index in [0.29, 0.717) is 23.1 Å². The summed E-state index contributed by atoms with van der Waals surface area (Å²) in [6, 6.07) is 8.83. The topological polar surface area (TPSA) is 70.7 Å². The molecule has 124 valence electrons. The molecule has 2 heterocycles. The number of aromatic nitrogens is 3. The molecule has 0 unspecified atom stereocenters. The number of thiophene rings is 1. The fourth-order valence-corrected chi connectivity index (χ4v) is 3.25. The van der Waals surface area contributed by atoms with Gasteiger partial charge in [-0.2, -0.15) is 0 Å². The van der Waals surface area contributed by atoms with Gasteiger partial charge in [-0.15, -0.1) is 16.4 Å². The monoisotopic (exact) mass is 362 g/mol. The van der Waals surface area contributed by atoms with Crippen LogP contribution < -0.4 is 5.32 Å². The van der Waals surface area contributed by atoms with E-state index in [1.165, 1.54) is 17.8 Å². The first-order valence-electron chi connectivity index (χ1n) is 7.22. The smallest absolute Gasteiger partial charge is 0.230 e.